The molecule has 0 bridgehead atoms. The van der Waals surface area contributed by atoms with Crippen LogP contribution in [-0.2, 0) is 14.3 Å². The lowest BCUT2D eigenvalue weighted by Gasteiger charge is -2.34. The van der Waals surface area contributed by atoms with E-state index in [1.807, 2.05) is 23.1 Å². The van der Waals surface area contributed by atoms with Crippen LogP contribution in [0.4, 0.5) is 0 Å². The number of esters is 1. The van der Waals surface area contributed by atoms with Gasteiger partial charge < -0.3 is 9.84 Å². The summed E-state index contributed by atoms with van der Waals surface area (Å²) in [7, 11) is 1.36. The first-order valence-electron chi connectivity index (χ1n) is 7.49. The van der Waals surface area contributed by atoms with Crippen LogP contribution in [0, 0.1) is 0 Å². The van der Waals surface area contributed by atoms with Crippen LogP contribution in [0.15, 0.2) is 35.9 Å². The van der Waals surface area contributed by atoms with Crippen LogP contribution in [0.1, 0.15) is 30.9 Å². The van der Waals surface area contributed by atoms with Gasteiger partial charge >= 0.3 is 11.9 Å². The normalized spacial score (nSPS) is 18.6. The number of aliphatic carboxylic acids is 1. The highest BCUT2D eigenvalue weighted by Gasteiger charge is 2.32. The molecule has 0 aromatic heterocycles. The topological polar surface area (TPSA) is 66.8 Å². The number of ether oxygens (including phenoxy) is 1. The summed E-state index contributed by atoms with van der Waals surface area (Å²) in [6.45, 7) is 1.27. The Morgan fingerprint density at radius 3 is 2.83 bits per heavy atom. The molecule has 1 atom stereocenters. The van der Waals surface area contributed by atoms with Gasteiger partial charge in [-0.1, -0.05) is 41.4 Å². The van der Waals surface area contributed by atoms with Crippen molar-refractivity contribution in [3.8, 4) is 0 Å². The van der Waals surface area contributed by atoms with Gasteiger partial charge in [0.05, 0.1) is 13.5 Å². The van der Waals surface area contributed by atoms with Crippen molar-refractivity contribution < 1.29 is 19.4 Å². The maximum atomic E-state index is 12.3. The number of rotatable bonds is 5. The molecule has 1 fully saturated rings. The quantitative estimate of drug-likeness (QED) is 0.660. The molecule has 0 saturated carbocycles. The molecular weight excluding hydrogens is 318 g/mol. The largest absolute Gasteiger partial charge is 0.481 e. The first-order chi connectivity index (χ1) is 11.0. The van der Waals surface area contributed by atoms with Crippen molar-refractivity contribution >= 4 is 23.5 Å². The minimum absolute atomic E-state index is 0.00183. The molecule has 1 N–H and O–H groups in total. The van der Waals surface area contributed by atoms with E-state index in [1.54, 1.807) is 12.1 Å². The number of hydrogen-bond donors (Lipinski definition) is 1. The summed E-state index contributed by atoms with van der Waals surface area (Å²) in [6, 6.07) is 6.63. The highest BCUT2D eigenvalue weighted by atomic mass is 35.5. The smallest absolute Gasteiger partial charge is 0.327 e. The van der Waals surface area contributed by atoms with Gasteiger partial charge in [0.15, 0.2) is 0 Å². The summed E-state index contributed by atoms with van der Waals surface area (Å²) in [5.41, 5.74) is 1.74. The maximum absolute atomic E-state index is 12.3. The number of nitrogens with zero attached hydrogens (tertiary/aromatic N) is 1. The van der Waals surface area contributed by atoms with Crippen molar-refractivity contribution in [1.82, 2.24) is 4.90 Å². The molecule has 1 aromatic carbocycles. The third kappa shape index (κ3) is 4.56. The van der Waals surface area contributed by atoms with Gasteiger partial charge in [0.25, 0.3) is 0 Å². The fraction of sp³-hybridized carbons (Fsp3) is 0.412. The summed E-state index contributed by atoms with van der Waals surface area (Å²) in [4.78, 5) is 25.0. The van der Waals surface area contributed by atoms with E-state index >= 15 is 0 Å². The Morgan fingerprint density at radius 1 is 1.43 bits per heavy atom. The van der Waals surface area contributed by atoms with E-state index in [4.69, 9.17) is 21.4 Å². The molecule has 1 aromatic rings. The number of halogens is 1. The Bertz CT molecular complexity index is 614. The van der Waals surface area contributed by atoms with E-state index in [0.29, 0.717) is 17.1 Å². The number of piperidine rings is 1. The molecule has 1 aliphatic rings. The predicted molar refractivity (Wildman–Crippen MR) is 87.4 cm³/mol. The highest BCUT2D eigenvalue weighted by molar-refractivity contribution is 6.31. The number of carboxylic acid groups (broad SMARTS) is 1. The zero-order valence-corrected chi connectivity index (χ0v) is 13.8. The SMILES string of the molecule is COC(=O)[C@H](c1ccccc1Cl)N1CCC/C(=C\CC(=O)O)C1. The molecule has 1 saturated heterocycles. The Labute approximate surface area is 140 Å². The third-order valence-electron chi connectivity index (χ3n) is 3.90. The van der Waals surface area contributed by atoms with E-state index in [0.717, 1.165) is 25.0 Å². The van der Waals surface area contributed by atoms with E-state index in [-0.39, 0.29) is 12.4 Å². The van der Waals surface area contributed by atoms with Crippen molar-refractivity contribution in [2.75, 3.05) is 20.2 Å². The molecule has 1 heterocycles. The minimum Gasteiger partial charge on any atom is -0.481 e. The van der Waals surface area contributed by atoms with Gasteiger partial charge in [0.1, 0.15) is 6.04 Å². The highest BCUT2D eigenvalue weighted by Crippen LogP contribution is 2.31. The van der Waals surface area contributed by atoms with Gasteiger partial charge in [-0.05, 0) is 31.0 Å². The van der Waals surface area contributed by atoms with Crippen molar-refractivity contribution in [3.63, 3.8) is 0 Å². The molecule has 1 aliphatic heterocycles. The Hall–Kier alpha value is -1.85. The molecule has 124 valence electrons. The zero-order chi connectivity index (χ0) is 16.8. The number of methoxy groups -OCH3 is 1. The number of likely N-dealkylation sites (tertiary alicyclic amines) is 1. The van der Waals surface area contributed by atoms with Crippen molar-refractivity contribution in [2.45, 2.75) is 25.3 Å². The van der Waals surface area contributed by atoms with Crippen molar-refractivity contribution in [2.24, 2.45) is 0 Å². The fourth-order valence-corrected chi connectivity index (χ4v) is 3.07. The van der Waals surface area contributed by atoms with Gasteiger partial charge in [-0.25, -0.2) is 4.79 Å². The van der Waals surface area contributed by atoms with E-state index < -0.39 is 12.0 Å². The van der Waals surface area contributed by atoms with Crippen LogP contribution in [0.3, 0.4) is 0 Å². The molecule has 0 unspecified atom stereocenters. The lowest BCUT2D eigenvalue weighted by molar-refractivity contribution is -0.147. The van der Waals surface area contributed by atoms with Crippen LogP contribution >= 0.6 is 11.6 Å². The minimum atomic E-state index is -0.856. The van der Waals surface area contributed by atoms with Crippen LogP contribution in [0.2, 0.25) is 5.02 Å². The summed E-state index contributed by atoms with van der Waals surface area (Å²) in [5, 5.41) is 9.33. The molecule has 6 heteroatoms. The summed E-state index contributed by atoms with van der Waals surface area (Å²) in [6.07, 6.45) is 3.44. The molecule has 0 spiro atoms. The summed E-state index contributed by atoms with van der Waals surface area (Å²) in [5.74, 6) is -1.22. The third-order valence-corrected chi connectivity index (χ3v) is 4.25. The zero-order valence-electron chi connectivity index (χ0n) is 13.0. The molecule has 0 aliphatic carbocycles. The predicted octanol–water partition coefficient (Wildman–Crippen LogP) is 3.05. The van der Waals surface area contributed by atoms with Gasteiger partial charge in [0, 0.05) is 11.6 Å². The lowest BCUT2D eigenvalue weighted by atomic mass is 9.98. The Morgan fingerprint density at radius 2 is 2.17 bits per heavy atom. The summed E-state index contributed by atoms with van der Waals surface area (Å²) < 4.78 is 4.96. The second-order valence-corrected chi connectivity index (χ2v) is 5.89. The maximum Gasteiger partial charge on any atom is 0.327 e. The second kappa shape index (κ2) is 8.13. The summed E-state index contributed by atoms with van der Waals surface area (Å²) >= 11 is 6.25. The molecule has 0 radical (unpaired) electrons. The monoisotopic (exact) mass is 337 g/mol. The van der Waals surface area contributed by atoms with Crippen molar-refractivity contribution in [1.29, 1.82) is 0 Å². The Kier molecular flexibility index (Phi) is 6.19. The van der Waals surface area contributed by atoms with Gasteiger partial charge in [-0.2, -0.15) is 0 Å². The van der Waals surface area contributed by atoms with Crippen LogP contribution in [0.25, 0.3) is 0 Å². The first-order valence-corrected chi connectivity index (χ1v) is 7.86. The first kappa shape index (κ1) is 17.5. The van der Waals surface area contributed by atoms with E-state index in [2.05, 4.69) is 0 Å². The van der Waals surface area contributed by atoms with Crippen molar-refractivity contribution in [3.05, 3.63) is 46.5 Å². The van der Waals surface area contributed by atoms with Crippen LogP contribution < -0.4 is 0 Å². The number of carboxylic acids is 1. The average molecular weight is 338 g/mol. The fourth-order valence-electron chi connectivity index (χ4n) is 2.83. The molecule has 5 nitrogen and oxygen atoms in total. The standard InChI is InChI=1S/C17H20ClNO4/c1-23-17(22)16(13-6-2-3-7-14(13)18)19-10-4-5-12(11-19)8-9-15(20)21/h2-3,6-8,16H,4-5,9-11H2,1H3,(H,20,21)/b12-8+/t16-/m0/s1. The average Bonchev–Trinajstić information content (AvgIpc) is 2.55. The lowest BCUT2D eigenvalue weighted by Crippen LogP contribution is -2.39. The van der Waals surface area contributed by atoms with Crippen LogP contribution in [-0.4, -0.2) is 42.1 Å². The molecule has 0 amide bonds. The number of hydrogen-bond acceptors (Lipinski definition) is 4. The number of carbonyl (C=O) groups excluding carboxylic acids is 1. The molecular formula is C17H20ClNO4. The van der Waals surface area contributed by atoms with Gasteiger partial charge in [-0.3, -0.25) is 9.69 Å². The Balaban J connectivity index is 2.26. The van der Waals surface area contributed by atoms with Gasteiger partial charge in [0.2, 0.25) is 0 Å². The van der Waals surface area contributed by atoms with E-state index in [1.165, 1.54) is 7.11 Å². The van der Waals surface area contributed by atoms with E-state index in [9.17, 15) is 9.59 Å². The molecule has 2 rings (SSSR count). The second-order valence-electron chi connectivity index (χ2n) is 5.48. The number of benzene rings is 1. The van der Waals surface area contributed by atoms with Crippen LogP contribution in [0.5, 0.6) is 0 Å². The molecule has 23 heavy (non-hydrogen) atoms. The van der Waals surface area contributed by atoms with Gasteiger partial charge in [-0.15, -0.1) is 0 Å². The number of carbonyl (C=O) groups is 2.